The molecule has 1 aromatic rings. The number of halogens is 3. The second kappa shape index (κ2) is 6.36. The molecule has 0 amide bonds. The van der Waals surface area contributed by atoms with E-state index >= 15 is 0 Å². The predicted molar refractivity (Wildman–Crippen MR) is 49.6 cm³/mol. The molecule has 0 aromatic carbocycles. The van der Waals surface area contributed by atoms with Crippen molar-refractivity contribution in [3.63, 3.8) is 0 Å². The van der Waals surface area contributed by atoms with Crippen LogP contribution in [0.1, 0.15) is 24.2 Å². The maximum atomic E-state index is 12.0. The molecule has 0 aliphatic heterocycles. The predicted octanol–water partition coefficient (Wildman–Crippen LogP) is -0.966. The molecule has 0 spiro atoms. The topological polar surface area (TPSA) is 38.9 Å². The standard InChI is InChI=1S/C8H11BF3N2.K/c1-6(13)8-3-2-7(5-14-8)4-9(10,11)12;/h2-3,5-6H,4,13H2,1H3;/q-1;+1. The number of aromatic nitrogens is 1. The van der Waals surface area contributed by atoms with Crippen molar-refractivity contribution in [2.24, 2.45) is 5.73 Å². The summed E-state index contributed by atoms with van der Waals surface area (Å²) >= 11 is 0. The van der Waals surface area contributed by atoms with Gasteiger partial charge in [0, 0.05) is 12.2 Å². The van der Waals surface area contributed by atoms with Crippen molar-refractivity contribution in [1.82, 2.24) is 4.98 Å². The minimum Gasteiger partial charge on any atom is -0.449 e. The quantitative estimate of drug-likeness (QED) is 0.693. The number of nitrogens with zero attached hydrogens (tertiary/aromatic N) is 1. The van der Waals surface area contributed by atoms with Crippen LogP contribution in [0.25, 0.3) is 0 Å². The number of nitrogens with two attached hydrogens (primary N) is 1. The van der Waals surface area contributed by atoms with Gasteiger partial charge in [0.2, 0.25) is 0 Å². The van der Waals surface area contributed by atoms with Gasteiger partial charge in [-0.05, 0) is 13.0 Å². The van der Waals surface area contributed by atoms with Crippen LogP contribution in [0.5, 0.6) is 0 Å². The Labute approximate surface area is 129 Å². The third-order valence-corrected chi connectivity index (χ3v) is 1.78. The molecule has 1 heterocycles. The molecule has 1 atom stereocenters. The number of hydrogen-bond acceptors (Lipinski definition) is 2. The summed E-state index contributed by atoms with van der Waals surface area (Å²) in [6.45, 7) is -3.05. The first-order valence-corrected chi connectivity index (χ1v) is 4.30. The van der Waals surface area contributed by atoms with E-state index in [1.807, 2.05) is 0 Å². The Balaban J connectivity index is 0.00000196. The van der Waals surface area contributed by atoms with E-state index in [0.29, 0.717) is 5.69 Å². The zero-order valence-corrected chi connectivity index (χ0v) is 11.9. The second-order valence-corrected chi connectivity index (χ2v) is 3.29. The van der Waals surface area contributed by atoms with Crippen LogP contribution in [0, 0.1) is 0 Å². The van der Waals surface area contributed by atoms with Crippen molar-refractivity contribution >= 4 is 6.98 Å². The summed E-state index contributed by atoms with van der Waals surface area (Å²) < 4.78 is 36.0. The second-order valence-electron chi connectivity index (χ2n) is 3.29. The van der Waals surface area contributed by atoms with Crippen molar-refractivity contribution in [3.8, 4) is 0 Å². The molecule has 0 saturated heterocycles. The zero-order chi connectivity index (χ0) is 10.8. The molecule has 15 heavy (non-hydrogen) atoms. The van der Waals surface area contributed by atoms with Crippen LogP contribution < -0.4 is 57.1 Å². The van der Waals surface area contributed by atoms with Crippen molar-refractivity contribution in [1.29, 1.82) is 0 Å². The molecule has 0 aliphatic carbocycles. The normalized spacial score (nSPS) is 13.1. The Morgan fingerprint density at radius 1 is 1.40 bits per heavy atom. The van der Waals surface area contributed by atoms with Gasteiger partial charge in [0.05, 0.1) is 5.69 Å². The van der Waals surface area contributed by atoms with E-state index in [-0.39, 0.29) is 63.0 Å². The van der Waals surface area contributed by atoms with Gasteiger partial charge in [0.15, 0.2) is 0 Å². The molecule has 2 nitrogen and oxygen atoms in total. The van der Waals surface area contributed by atoms with Crippen LogP contribution >= 0.6 is 0 Å². The molecule has 1 aromatic heterocycles. The molecule has 0 fully saturated rings. The summed E-state index contributed by atoms with van der Waals surface area (Å²) in [5, 5.41) is 0. The first-order chi connectivity index (χ1) is 6.38. The smallest absolute Gasteiger partial charge is 0.449 e. The maximum Gasteiger partial charge on any atom is 1.00 e. The number of pyridine rings is 1. The first-order valence-electron chi connectivity index (χ1n) is 4.30. The average molecular weight is 242 g/mol. The van der Waals surface area contributed by atoms with Crippen molar-refractivity contribution in [2.75, 3.05) is 0 Å². The first kappa shape index (κ1) is 15.6. The molecular formula is C8H11BF3KN2. The molecule has 78 valence electrons. The summed E-state index contributed by atoms with van der Waals surface area (Å²) in [6, 6.07) is 2.70. The van der Waals surface area contributed by atoms with Crippen LogP contribution in [0.2, 0.25) is 0 Å². The summed E-state index contributed by atoms with van der Waals surface area (Å²) in [7, 11) is 0. The van der Waals surface area contributed by atoms with Gasteiger partial charge < -0.3 is 18.7 Å². The van der Waals surface area contributed by atoms with Crippen LogP contribution in [-0.4, -0.2) is 12.0 Å². The molecule has 0 bridgehead atoms. The van der Waals surface area contributed by atoms with Crippen molar-refractivity contribution in [3.05, 3.63) is 29.6 Å². The van der Waals surface area contributed by atoms with Crippen LogP contribution in [-0.2, 0) is 6.32 Å². The minimum atomic E-state index is -4.78. The average Bonchev–Trinajstić information content (AvgIpc) is 2.02. The van der Waals surface area contributed by atoms with E-state index in [9.17, 15) is 12.9 Å². The van der Waals surface area contributed by atoms with E-state index in [4.69, 9.17) is 5.73 Å². The van der Waals surface area contributed by atoms with Crippen molar-refractivity contribution < 1.29 is 64.3 Å². The zero-order valence-electron chi connectivity index (χ0n) is 8.75. The number of hydrogen-bond donors (Lipinski definition) is 1. The fourth-order valence-corrected chi connectivity index (χ4v) is 1.09. The Kier molecular flexibility index (Phi) is 6.62. The van der Waals surface area contributed by atoms with Crippen LogP contribution in [0.4, 0.5) is 12.9 Å². The fourth-order valence-electron chi connectivity index (χ4n) is 1.09. The third-order valence-electron chi connectivity index (χ3n) is 1.78. The SMILES string of the molecule is CC(N)c1ccc(C[B-](F)(F)F)cn1.[K+]. The Hall–Kier alpha value is 0.601. The molecule has 0 saturated carbocycles. The van der Waals surface area contributed by atoms with Gasteiger partial charge >= 0.3 is 58.4 Å². The molecule has 2 N–H and O–H groups in total. The largest absolute Gasteiger partial charge is 1.00 e. The molecular weight excluding hydrogens is 231 g/mol. The number of rotatable bonds is 3. The molecule has 1 rings (SSSR count). The maximum absolute atomic E-state index is 12.0. The van der Waals surface area contributed by atoms with Crippen LogP contribution in [0.3, 0.4) is 0 Å². The Morgan fingerprint density at radius 3 is 2.33 bits per heavy atom. The monoisotopic (exact) mass is 242 g/mol. The molecule has 7 heteroatoms. The van der Waals surface area contributed by atoms with Gasteiger partial charge in [-0.2, -0.15) is 0 Å². The van der Waals surface area contributed by atoms with Gasteiger partial charge in [0.1, 0.15) is 0 Å². The molecule has 0 aliphatic rings. The van der Waals surface area contributed by atoms with Crippen molar-refractivity contribution in [2.45, 2.75) is 19.3 Å². The van der Waals surface area contributed by atoms with Gasteiger partial charge in [-0.3, -0.25) is 4.98 Å². The third kappa shape index (κ3) is 6.03. The van der Waals surface area contributed by atoms with E-state index in [1.54, 1.807) is 6.92 Å². The summed E-state index contributed by atoms with van der Waals surface area (Å²) in [4.78, 5) is 3.85. The summed E-state index contributed by atoms with van der Waals surface area (Å²) in [5.74, 6) is 0. The van der Waals surface area contributed by atoms with Gasteiger partial charge in [-0.15, -0.1) is 0 Å². The van der Waals surface area contributed by atoms with E-state index in [1.165, 1.54) is 18.3 Å². The van der Waals surface area contributed by atoms with Gasteiger partial charge in [0.25, 0.3) is 0 Å². The van der Waals surface area contributed by atoms with E-state index < -0.39 is 13.3 Å². The van der Waals surface area contributed by atoms with Crippen LogP contribution in [0.15, 0.2) is 18.3 Å². The molecule has 0 radical (unpaired) electrons. The summed E-state index contributed by atoms with van der Waals surface area (Å²) in [5.41, 5.74) is 6.29. The van der Waals surface area contributed by atoms with E-state index in [0.717, 1.165) is 0 Å². The Bertz CT molecular complexity index is 300. The van der Waals surface area contributed by atoms with E-state index in [2.05, 4.69) is 4.98 Å². The fraction of sp³-hybridized carbons (Fsp3) is 0.375. The summed E-state index contributed by atoms with van der Waals surface area (Å²) in [6.07, 6.45) is 0.347. The minimum absolute atomic E-state index is 0. The Morgan fingerprint density at radius 2 is 2.00 bits per heavy atom. The molecule has 1 unspecified atom stereocenters. The van der Waals surface area contributed by atoms with Gasteiger partial charge in [-0.1, -0.05) is 17.9 Å². The van der Waals surface area contributed by atoms with Gasteiger partial charge in [-0.25, -0.2) is 0 Å².